The third kappa shape index (κ3) is 7.21. The first kappa shape index (κ1) is 23.0. The Balaban J connectivity index is 0.000000941. The van der Waals surface area contributed by atoms with Crippen molar-refractivity contribution < 1.29 is 13.2 Å². The quantitative estimate of drug-likeness (QED) is 0.541. The monoisotopic (exact) mass is 402 g/mol. The molecular weight excluding hydrogens is 373 g/mol. The maximum absolute atomic E-state index is 12.7. The van der Waals surface area contributed by atoms with E-state index in [4.69, 9.17) is 5.26 Å². The van der Waals surface area contributed by atoms with Gasteiger partial charge in [-0.1, -0.05) is 54.6 Å². The number of nitrogens with zero attached hydrogens (tertiary/aromatic N) is 2. The SMILES string of the molecule is CC#N.CC(CCc1ccc(C2CC2C(F)(F)F)cc1)N(C)Cc1ccccc1. The van der Waals surface area contributed by atoms with Crippen LogP contribution in [-0.2, 0) is 13.0 Å². The summed E-state index contributed by atoms with van der Waals surface area (Å²) in [6, 6.07) is 20.3. The number of aryl methyl sites for hydroxylation is 1. The second-order valence-corrected chi connectivity index (χ2v) is 7.74. The zero-order chi connectivity index (χ0) is 21.4. The molecule has 29 heavy (non-hydrogen) atoms. The minimum atomic E-state index is -4.05. The van der Waals surface area contributed by atoms with Gasteiger partial charge in [-0.15, -0.1) is 0 Å². The van der Waals surface area contributed by atoms with Crippen molar-refractivity contribution in [2.75, 3.05) is 7.05 Å². The number of benzene rings is 2. The van der Waals surface area contributed by atoms with Crippen LogP contribution in [0.4, 0.5) is 13.2 Å². The van der Waals surface area contributed by atoms with E-state index in [-0.39, 0.29) is 12.3 Å². The first-order valence-electron chi connectivity index (χ1n) is 9.96. The van der Waals surface area contributed by atoms with Gasteiger partial charge in [0.05, 0.1) is 12.0 Å². The second-order valence-electron chi connectivity index (χ2n) is 7.74. The predicted molar refractivity (Wildman–Crippen MR) is 110 cm³/mol. The van der Waals surface area contributed by atoms with E-state index in [0.29, 0.717) is 6.04 Å². The van der Waals surface area contributed by atoms with Crippen molar-refractivity contribution in [3.63, 3.8) is 0 Å². The van der Waals surface area contributed by atoms with Crippen LogP contribution in [0, 0.1) is 17.2 Å². The van der Waals surface area contributed by atoms with Crippen molar-refractivity contribution in [1.29, 1.82) is 5.26 Å². The van der Waals surface area contributed by atoms with Gasteiger partial charge < -0.3 is 0 Å². The number of halogens is 3. The lowest BCUT2D eigenvalue weighted by Crippen LogP contribution is -2.28. The van der Waals surface area contributed by atoms with Gasteiger partial charge in [0.15, 0.2) is 0 Å². The van der Waals surface area contributed by atoms with Gasteiger partial charge in [-0.3, -0.25) is 4.90 Å². The lowest BCUT2D eigenvalue weighted by atomic mass is 10.0. The predicted octanol–water partition coefficient (Wildman–Crippen LogP) is 6.34. The zero-order valence-corrected chi connectivity index (χ0v) is 17.3. The lowest BCUT2D eigenvalue weighted by Gasteiger charge is -2.25. The summed E-state index contributed by atoms with van der Waals surface area (Å²) in [4.78, 5) is 2.34. The molecule has 2 aromatic carbocycles. The van der Waals surface area contributed by atoms with Gasteiger partial charge in [0, 0.05) is 19.5 Å². The molecule has 3 unspecified atom stereocenters. The summed E-state index contributed by atoms with van der Waals surface area (Å²) in [5, 5.41) is 7.32. The fraction of sp³-hybridized carbons (Fsp3) is 0.458. The van der Waals surface area contributed by atoms with E-state index in [9.17, 15) is 13.2 Å². The molecule has 0 aromatic heterocycles. The molecule has 0 spiro atoms. The minimum absolute atomic E-state index is 0.240. The zero-order valence-electron chi connectivity index (χ0n) is 17.3. The molecule has 0 bridgehead atoms. The van der Waals surface area contributed by atoms with Crippen LogP contribution >= 0.6 is 0 Å². The van der Waals surface area contributed by atoms with Crippen LogP contribution < -0.4 is 0 Å². The number of rotatable bonds is 7. The van der Waals surface area contributed by atoms with Gasteiger partial charge in [0.2, 0.25) is 0 Å². The van der Waals surface area contributed by atoms with Crippen molar-refractivity contribution >= 4 is 0 Å². The molecule has 5 heteroatoms. The molecule has 1 aliphatic rings. The van der Waals surface area contributed by atoms with Crippen LogP contribution in [-0.4, -0.2) is 24.2 Å². The molecule has 3 rings (SSSR count). The van der Waals surface area contributed by atoms with Crippen molar-refractivity contribution in [2.45, 2.75) is 57.8 Å². The standard InChI is InChI=1S/C22H26F3N.C2H3N/c1-16(26(2)15-18-6-4-3-5-7-18)8-9-17-10-12-19(13-11-17)20-14-21(20)22(23,24)25;1-2-3/h3-7,10-13,16,20-21H,8-9,14-15H2,1-2H3;1H3. The highest BCUT2D eigenvalue weighted by molar-refractivity contribution is 5.30. The van der Waals surface area contributed by atoms with Gasteiger partial charge in [0.1, 0.15) is 0 Å². The van der Waals surface area contributed by atoms with E-state index >= 15 is 0 Å². The largest absolute Gasteiger partial charge is 0.392 e. The molecule has 2 aromatic rings. The van der Waals surface area contributed by atoms with Gasteiger partial charge in [-0.2, -0.15) is 18.4 Å². The summed E-state index contributed by atoms with van der Waals surface area (Å²) in [7, 11) is 2.13. The second kappa shape index (κ2) is 10.5. The Kier molecular flexibility index (Phi) is 8.28. The highest BCUT2D eigenvalue weighted by atomic mass is 19.4. The van der Waals surface area contributed by atoms with Crippen LogP contribution in [0.1, 0.15) is 49.3 Å². The van der Waals surface area contributed by atoms with E-state index in [1.165, 1.54) is 18.1 Å². The summed E-state index contributed by atoms with van der Waals surface area (Å²) in [6.07, 6.45) is -1.85. The fourth-order valence-corrected chi connectivity index (χ4v) is 3.48. The molecule has 156 valence electrons. The third-order valence-electron chi connectivity index (χ3n) is 5.50. The molecule has 1 fully saturated rings. The first-order valence-corrected chi connectivity index (χ1v) is 9.96. The summed E-state index contributed by atoms with van der Waals surface area (Å²) >= 11 is 0. The molecule has 1 aliphatic carbocycles. The summed E-state index contributed by atoms with van der Waals surface area (Å²) in [5.41, 5.74) is 3.32. The van der Waals surface area contributed by atoms with Crippen LogP contribution in [0.3, 0.4) is 0 Å². The van der Waals surface area contributed by atoms with Gasteiger partial charge >= 0.3 is 6.18 Å². The Labute approximate surface area is 172 Å². The maximum Gasteiger partial charge on any atom is 0.392 e. The van der Waals surface area contributed by atoms with Crippen molar-refractivity contribution in [3.8, 4) is 6.07 Å². The number of alkyl halides is 3. The molecular formula is C24H29F3N2. The van der Waals surface area contributed by atoms with Crippen LogP contribution in [0.5, 0.6) is 0 Å². The molecule has 0 aliphatic heterocycles. The summed E-state index contributed by atoms with van der Waals surface area (Å²) in [6.45, 7) is 4.57. The van der Waals surface area contributed by atoms with Gasteiger partial charge in [-0.05, 0) is 55.8 Å². The number of nitriles is 1. The van der Waals surface area contributed by atoms with Crippen LogP contribution in [0.15, 0.2) is 54.6 Å². The lowest BCUT2D eigenvalue weighted by molar-refractivity contribution is -0.148. The average molecular weight is 403 g/mol. The van der Waals surface area contributed by atoms with Crippen LogP contribution in [0.25, 0.3) is 0 Å². The smallest absolute Gasteiger partial charge is 0.299 e. The molecule has 0 amide bonds. The summed E-state index contributed by atoms with van der Waals surface area (Å²) in [5.74, 6) is -1.47. The minimum Gasteiger partial charge on any atom is -0.299 e. The molecule has 0 heterocycles. The molecule has 2 nitrogen and oxygen atoms in total. The Morgan fingerprint density at radius 2 is 1.66 bits per heavy atom. The number of hydrogen-bond donors (Lipinski definition) is 0. The van der Waals surface area contributed by atoms with E-state index in [1.807, 2.05) is 30.3 Å². The topological polar surface area (TPSA) is 27.0 Å². The van der Waals surface area contributed by atoms with Gasteiger partial charge in [0.25, 0.3) is 0 Å². The van der Waals surface area contributed by atoms with Gasteiger partial charge in [-0.25, -0.2) is 0 Å². The third-order valence-corrected chi connectivity index (χ3v) is 5.50. The molecule has 0 saturated heterocycles. The summed E-state index contributed by atoms with van der Waals surface area (Å²) < 4.78 is 38.1. The van der Waals surface area contributed by atoms with Crippen molar-refractivity contribution in [2.24, 2.45) is 5.92 Å². The van der Waals surface area contributed by atoms with Crippen molar-refractivity contribution in [1.82, 2.24) is 4.90 Å². The van der Waals surface area contributed by atoms with Crippen molar-refractivity contribution in [3.05, 3.63) is 71.3 Å². The Morgan fingerprint density at radius 1 is 1.07 bits per heavy atom. The highest BCUT2D eigenvalue weighted by Gasteiger charge is 2.55. The first-order chi connectivity index (χ1) is 13.8. The van der Waals surface area contributed by atoms with Crippen LogP contribution in [0.2, 0.25) is 0 Å². The molecule has 0 radical (unpaired) electrons. The molecule has 3 atom stereocenters. The molecule has 1 saturated carbocycles. The molecule has 0 N–H and O–H groups in total. The van der Waals surface area contributed by atoms with E-state index < -0.39 is 12.1 Å². The Bertz CT molecular complexity index is 779. The Morgan fingerprint density at radius 3 is 2.17 bits per heavy atom. The van der Waals surface area contributed by atoms with E-state index in [1.54, 1.807) is 6.07 Å². The van der Waals surface area contributed by atoms with E-state index in [2.05, 4.69) is 43.1 Å². The Hall–Kier alpha value is -2.32. The van der Waals surface area contributed by atoms with E-state index in [0.717, 1.165) is 24.9 Å². The average Bonchev–Trinajstić information content (AvgIpc) is 3.49. The number of hydrogen-bond acceptors (Lipinski definition) is 2. The highest BCUT2D eigenvalue weighted by Crippen LogP contribution is 2.56. The maximum atomic E-state index is 12.7. The fourth-order valence-electron chi connectivity index (χ4n) is 3.48. The normalized spacial score (nSPS) is 19.1.